The number of nitrogens with zero attached hydrogens (tertiary/aromatic N) is 4. The Morgan fingerprint density at radius 2 is 1.79 bits per heavy atom. The Morgan fingerprint density at radius 1 is 1.00 bits per heavy atom. The van der Waals surface area contributed by atoms with Crippen molar-refractivity contribution in [3.63, 3.8) is 0 Å². The molecule has 0 fully saturated rings. The fraction of sp³-hybridized carbons (Fsp3) is 0.351. The summed E-state index contributed by atoms with van der Waals surface area (Å²) in [6.45, 7) is 10.5. The normalized spacial score (nSPS) is 12.4. The number of carbonyl (C=O) groups is 1. The summed E-state index contributed by atoms with van der Waals surface area (Å²) < 4.78 is 0. The molecule has 0 bridgehead atoms. The fourth-order valence-electron chi connectivity index (χ4n) is 5.27. The second-order valence-electron chi connectivity index (χ2n) is 11.5. The average Bonchev–Trinajstić information content (AvgIpc) is 3.01. The molecular formula is C37H45N5O. The third-order valence-corrected chi connectivity index (χ3v) is 7.79. The first-order valence-electron chi connectivity index (χ1n) is 15.4. The quantitative estimate of drug-likeness (QED) is 0.144. The van der Waals surface area contributed by atoms with Gasteiger partial charge in [0.2, 0.25) is 5.95 Å². The molecule has 0 radical (unpaired) electrons. The predicted molar refractivity (Wildman–Crippen MR) is 178 cm³/mol. The van der Waals surface area contributed by atoms with E-state index in [0.717, 1.165) is 51.0 Å². The zero-order valence-corrected chi connectivity index (χ0v) is 26.3. The molecule has 4 aromatic rings. The molecule has 2 heterocycles. The minimum absolute atomic E-state index is 0.0213. The number of carbonyl (C=O) groups excluding carboxylic acids is 1. The van der Waals surface area contributed by atoms with Crippen LogP contribution in [0.5, 0.6) is 0 Å². The molecule has 0 saturated carbocycles. The monoisotopic (exact) mass is 575 g/mol. The lowest BCUT2D eigenvalue weighted by molar-refractivity contribution is 0.101. The highest BCUT2D eigenvalue weighted by Gasteiger charge is 2.12. The molecule has 2 aromatic heterocycles. The molecule has 4 rings (SSSR count). The highest BCUT2D eigenvalue weighted by atomic mass is 16.1. The Labute approximate surface area is 257 Å². The van der Waals surface area contributed by atoms with E-state index >= 15 is 0 Å². The van der Waals surface area contributed by atoms with Crippen molar-refractivity contribution in [2.45, 2.75) is 65.8 Å². The van der Waals surface area contributed by atoms with E-state index in [1.54, 1.807) is 13.1 Å². The van der Waals surface area contributed by atoms with Crippen LogP contribution in [-0.4, -0.2) is 45.8 Å². The number of pyridine rings is 1. The maximum absolute atomic E-state index is 12.1. The van der Waals surface area contributed by atoms with E-state index < -0.39 is 0 Å². The van der Waals surface area contributed by atoms with Crippen LogP contribution in [0, 0.1) is 0 Å². The number of benzene rings is 2. The third-order valence-electron chi connectivity index (χ3n) is 7.79. The minimum Gasteiger partial charge on any atom is -0.354 e. The molecule has 1 N–H and O–H groups in total. The van der Waals surface area contributed by atoms with Crippen LogP contribution in [-0.2, 0) is 13.0 Å². The average molecular weight is 576 g/mol. The smallest absolute Gasteiger partial charge is 0.223 e. The number of nitrogens with one attached hydrogen (secondary N) is 1. The van der Waals surface area contributed by atoms with Crippen LogP contribution in [0.1, 0.15) is 85.7 Å². The molecule has 0 aliphatic rings. The summed E-state index contributed by atoms with van der Waals surface area (Å²) in [4.78, 5) is 27.9. The lowest BCUT2D eigenvalue weighted by Gasteiger charge is -2.17. The van der Waals surface area contributed by atoms with Crippen LogP contribution >= 0.6 is 0 Å². The van der Waals surface area contributed by atoms with Crippen molar-refractivity contribution in [2.24, 2.45) is 0 Å². The Hall–Kier alpha value is -4.16. The molecule has 1 atom stereocenters. The molecule has 0 spiro atoms. The van der Waals surface area contributed by atoms with E-state index in [1.165, 1.54) is 27.8 Å². The van der Waals surface area contributed by atoms with Gasteiger partial charge in [0.1, 0.15) is 0 Å². The van der Waals surface area contributed by atoms with Crippen molar-refractivity contribution in [3.05, 3.63) is 113 Å². The van der Waals surface area contributed by atoms with Crippen molar-refractivity contribution >= 4 is 17.8 Å². The highest BCUT2D eigenvalue weighted by molar-refractivity contribution is 5.97. The summed E-state index contributed by atoms with van der Waals surface area (Å²) in [7, 11) is 2.16. The van der Waals surface area contributed by atoms with Gasteiger partial charge >= 0.3 is 0 Å². The van der Waals surface area contributed by atoms with Crippen molar-refractivity contribution < 1.29 is 4.79 Å². The SMILES string of the molecule is CCNc1ncc(C(C)=O)c(/C=C(\C)CCCC(C)c2cccc(-c3ccnc(CN(C)CCc4ccccc4)c3)c2)n1. The van der Waals surface area contributed by atoms with Gasteiger partial charge in [0.15, 0.2) is 5.78 Å². The number of likely N-dealkylation sites (N-methyl/N-ethyl adjacent to an activating group) is 1. The molecule has 2 aromatic carbocycles. The van der Waals surface area contributed by atoms with Gasteiger partial charge in [0.25, 0.3) is 0 Å². The van der Waals surface area contributed by atoms with Gasteiger partial charge in [-0.15, -0.1) is 0 Å². The molecular weight excluding hydrogens is 530 g/mol. The maximum Gasteiger partial charge on any atom is 0.223 e. The number of hydrogen-bond donors (Lipinski definition) is 1. The third kappa shape index (κ3) is 9.69. The van der Waals surface area contributed by atoms with Crippen LogP contribution in [0.25, 0.3) is 17.2 Å². The van der Waals surface area contributed by atoms with Gasteiger partial charge in [-0.1, -0.05) is 67.1 Å². The van der Waals surface area contributed by atoms with Gasteiger partial charge in [0.05, 0.1) is 17.0 Å². The van der Waals surface area contributed by atoms with Crippen LogP contribution < -0.4 is 5.32 Å². The van der Waals surface area contributed by atoms with E-state index in [1.807, 2.05) is 19.2 Å². The molecule has 1 unspecified atom stereocenters. The van der Waals surface area contributed by atoms with Crippen molar-refractivity contribution in [3.8, 4) is 11.1 Å². The number of hydrogen-bond acceptors (Lipinski definition) is 6. The maximum atomic E-state index is 12.1. The van der Waals surface area contributed by atoms with Gasteiger partial charge in [-0.25, -0.2) is 9.97 Å². The van der Waals surface area contributed by atoms with Gasteiger partial charge in [-0.05, 0) is 99.9 Å². The van der Waals surface area contributed by atoms with Crippen LogP contribution in [0.4, 0.5) is 5.95 Å². The summed E-state index contributed by atoms with van der Waals surface area (Å²) in [6, 6.07) is 23.9. The Morgan fingerprint density at radius 3 is 2.56 bits per heavy atom. The van der Waals surface area contributed by atoms with E-state index in [4.69, 9.17) is 0 Å². The number of aromatic nitrogens is 3. The Bertz CT molecular complexity index is 1510. The fourth-order valence-corrected chi connectivity index (χ4v) is 5.27. The molecule has 6 nitrogen and oxygen atoms in total. The van der Waals surface area contributed by atoms with Crippen molar-refractivity contribution in [1.82, 2.24) is 19.9 Å². The van der Waals surface area contributed by atoms with E-state index in [2.05, 4.69) is 113 Å². The molecule has 0 aliphatic heterocycles. The molecule has 0 saturated heterocycles. The second-order valence-corrected chi connectivity index (χ2v) is 11.5. The van der Waals surface area contributed by atoms with Crippen molar-refractivity contribution in [1.29, 1.82) is 0 Å². The first kappa shape index (κ1) is 31.8. The van der Waals surface area contributed by atoms with E-state index in [9.17, 15) is 4.79 Å². The minimum atomic E-state index is -0.0213. The van der Waals surface area contributed by atoms with E-state index in [0.29, 0.717) is 23.1 Å². The summed E-state index contributed by atoms with van der Waals surface area (Å²) in [5.74, 6) is 0.966. The number of ketones is 1. The first-order valence-corrected chi connectivity index (χ1v) is 15.4. The molecule has 0 amide bonds. The predicted octanol–water partition coefficient (Wildman–Crippen LogP) is 8.22. The van der Waals surface area contributed by atoms with Gasteiger partial charge in [-0.3, -0.25) is 9.78 Å². The zero-order valence-electron chi connectivity index (χ0n) is 26.3. The molecule has 43 heavy (non-hydrogen) atoms. The van der Waals surface area contributed by atoms with E-state index in [-0.39, 0.29) is 5.78 Å². The summed E-state index contributed by atoms with van der Waals surface area (Å²) >= 11 is 0. The lowest BCUT2D eigenvalue weighted by Crippen LogP contribution is -2.21. The topological polar surface area (TPSA) is 71.0 Å². The van der Waals surface area contributed by atoms with Crippen LogP contribution in [0.2, 0.25) is 0 Å². The number of anilines is 1. The van der Waals surface area contributed by atoms with Crippen LogP contribution in [0.15, 0.2) is 84.7 Å². The Kier molecular flexibility index (Phi) is 11.7. The van der Waals surface area contributed by atoms with Crippen molar-refractivity contribution in [2.75, 3.05) is 25.5 Å². The van der Waals surface area contributed by atoms with Crippen LogP contribution in [0.3, 0.4) is 0 Å². The summed E-state index contributed by atoms with van der Waals surface area (Å²) in [6.07, 6.45) is 9.70. The van der Waals surface area contributed by atoms with Gasteiger partial charge in [0, 0.05) is 32.0 Å². The number of allylic oxidation sites excluding steroid dienone is 1. The second kappa shape index (κ2) is 15.9. The Balaban J connectivity index is 1.34. The lowest BCUT2D eigenvalue weighted by atomic mass is 9.92. The highest BCUT2D eigenvalue weighted by Crippen LogP contribution is 2.28. The number of Topliss-reactive ketones (excluding diaryl/α,β-unsaturated/α-hetero) is 1. The van der Waals surface area contributed by atoms with Gasteiger partial charge < -0.3 is 10.2 Å². The zero-order chi connectivity index (χ0) is 30.6. The largest absolute Gasteiger partial charge is 0.354 e. The summed E-state index contributed by atoms with van der Waals surface area (Å²) in [5.41, 5.74) is 8.69. The molecule has 224 valence electrons. The summed E-state index contributed by atoms with van der Waals surface area (Å²) in [5, 5.41) is 3.13. The number of rotatable bonds is 15. The first-order chi connectivity index (χ1) is 20.8. The van der Waals surface area contributed by atoms with Gasteiger partial charge in [-0.2, -0.15) is 0 Å². The standard InChI is InChI=1S/C37H45N5O/c1-6-38-37-40-25-35(29(4)43)36(41-37)22-27(2)12-10-13-28(3)31-16-11-17-32(23-31)33-18-20-39-34(24-33)26-42(5)21-19-30-14-8-7-9-15-30/h7-9,11,14-18,20,22-25,28H,6,10,12-13,19,21,26H2,1-5H3,(H,38,40,41)/b27-22+. The molecule has 6 heteroatoms. The molecule has 0 aliphatic carbocycles.